The van der Waals surface area contributed by atoms with Crippen molar-refractivity contribution in [3.8, 4) is 0 Å². The van der Waals surface area contributed by atoms with Gasteiger partial charge in [-0.3, -0.25) is 0 Å². The first-order chi connectivity index (χ1) is 7.43. The monoisotopic (exact) mass is 199 g/mol. The molecule has 3 nitrogen and oxygen atoms in total. The van der Waals surface area contributed by atoms with Gasteiger partial charge in [0, 0.05) is 0 Å². The van der Waals surface area contributed by atoms with Crippen LogP contribution in [0.1, 0.15) is 25.7 Å². The molecule has 3 rings (SSSR count). The van der Waals surface area contributed by atoms with Gasteiger partial charge in [-0.2, -0.15) is 4.80 Å². The second kappa shape index (κ2) is 3.50. The highest BCUT2D eigenvalue weighted by Gasteiger charge is 2.08. The van der Waals surface area contributed by atoms with Crippen LogP contribution in [0.25, 0.3) is 16.7 Å². The van der Waals surface area contributed by atoms with Gasteiger partial charge in [0.2, 0.25) is 0 Å². The highest BCUT2D eigenvalue weighted by Crippen LogP contribution is 2.21. The van der Waals surface area contributed by atoms with Gasteiger partial charge < -0.3 is 0 Å². The molecule has 1 aliphatic carbocycles. The lowest BCUT2D eigenvalue weighted by molar-refractivity contribution is 0.667. The van der Waals surface area contributed by atoms with Crippen LogP contribution in [0.2, 0.25) is 0 Å². The second-order valence-corrected chi connectivity index (χ2v) is 3.92. The minimum Gasteiger partial charge on any atom is -0.155 e. The molecular formula is C12H13N3. The highest BCUT2D eigenvalue weighted by atomic mass is 15.5. The van der Waals surface area contributed by atoms with E-state index in [2.05, 4.69) is 16.3 Å². The van der Waals surface area contributed by atoms with E-state index in [1.807, 2.05) is 24.3 Å². The Labute approximate surface area is 88.4 Å². The Morgan fingerprint density at radius 1 is 1.00 bits per heavy atom. The highest BCUT2D eigenvalue weighted by molar-refractivity contribution is 5.73. The Kier molecular flexibility index (Phi) is 2.02. The summed E-state index contributed by atoms with van der Waals surface area (Å²) in [4.78, 5) is 1.80. The molecule has 1 aromatic heterocycles. The molecule has 1 aromatic carbocycles. The minimum atomic E-state index is 0.976. The van der Waals surface area contributed by atoms with Crippen LogP contribution in [0, 0.1) is 0 Å². The molecule has 15 heavy (non-hydrogen) atoms. The summed E-state index contributed by atoms with van der Waals surface area (Å²) in [5, 5.41) is 8.95. The molecule has 0 radical (unpaired) electrons. The van der Waals surface area contributed by atoms with E-state index in [1.165, 1.54) is 18.5 Å². The lowest BCUT2D eigenvalue weighted by Gasteiger charge is -2.10. The van der Waals surface area contributed by atoms with Crippen LogP contribution in [0.5, 0.6) is 0 Å². The topological polar surface area (TPSA) is 30.7 Å². The van der Waals surface area contributed by atoms with Crippen LogP contribution in [0.3, 0.4) is 0 Å². The van der Waals surface area contributed by atoms with Crippen molar-refractivity contribution in [2.24, 2.45) is 0 Å². The summed E-state index contributed by atoms with van der Waals surface area (Å²) in [6, 6.07) is 8.00. The van der Waals surface area contributed by atoms with Crippen molar-refractivity contribution in [3.63, 3.8) is 0 Å². The molecule has 0 bridgehead atoms. The molecule has 0 saturated heterocycles. The first-order valence-electron chi connectivity index (χ1n) is 5.45. The average molecular weight is 199 g/mol. The Hall–Kier alpha value is -1.64. The van der Waals surface area contributed by atoms with Crippen LogP contribution in [-0.2, 0) is 0 Å². The smallest absolute Gasteiger partial charge is 0.113 e. The van der Waals surface area contributed by atoms with E-state index in [0.29, 0.717) is 0 Å². The van der Waals surface area contributed by atoms with Crippen LogP contribution in [-0.4, -0.2) is 15.0 Å². The van der Waals surface area contributed by atoms with Crippen LogP contribution in [0.15, 0.2) is 30.3 Å². The first kappa shape index (κ1) is 8.65. The van der Waals surface area contributed by atoms with E-state index < -0.39 is 0 Å². The Balaban J connectivity index is 2.07. The van der Waals surface area contributed by atoms with Crippen molar-refractivity contribution < 1.29 is 0 Å². The van der Waals surface area contributed by atoms with Crippen molar-refractivity contribution in [2.45, 2.75) is 25.7 Å². The summed E-state index contributed by atoms with van der Waals surface area (Å²) < 4.78 is 0. The van der Waals surface area contributed by atoms with E-state index >= 15 is 0 Å². The molecule has 0 unspecified atom stereocenters. The molecule has 0 N–H and O–H groups in total. The van der Waals surface area contributed by atoms with E-state index in [9.17, 15) is 0 Å². The van der Waals surface area contributed by atoms with Gasteiger partial charge in [-0.1, -0.05) is 18.2 Å². The Bertz CT molecular complexity index is 477. The summed E-state index contributed by atoms with van der Waals surface area (Å²) in [5.41, 5.74) is 3.20. The third-order valence-corrected chi connectivity index (χ3v) is 2.81. The van der Waals surface area contributed by atoms with E-state index in [-0.39, 0.29) is 0 Å². The van der Waals surface area contributed by atoms with Gasteiger partial charge in [0.15, 0.2) is 0 Å². The second-order valence-electron chi connectivity index (χ2n) is 3.92. The molecule has 0 atom stereocenters. The van der Waals surface area contributed by atoms with Crippen molar-refractivity contribution >= 4 is 16.7 Å². The maximum absolute atomic E-state index is 4.47. The van der Waals surface area contributed by atoms with Gasteiger partial charge >= 0.3 is 0 Å². The zero-order valence-corrected chi connectivity index (χ0v) is 8.56. The molecule has 0 fully saturated rings. The Morgan fingerprint density at radius 2 is 1.73 bits per heavy atom. The number of rotatable bonds is 1. The zero-order valence-electron chi connectivity index (χ0n) is 8.56. The van der Waals surface area contributed by atoms with Gasteiger partial charge in [-0.05, 0) is 37.8 Å². The Morgan fingerprint density at radius 3 is 2.33 bits per heavy atom. The van der Waals surface area contributed by atoms with Crippen molar-refractivity contribution in [1.82, 2.24) is 15.0 Å². The molecule has 2 aromatic rings. The van der Waals surface area contributed by atoms with Crippen LogP contribution in [0.4, 0.5) is 0 Å². The third-order valence-electron chi connectivity index (χ3n) is 2.81. The van der Waals surface area contributed by atoms with Gasteiger partial charge in [-0.25, -0.2) is 0 Å². The van der Waals surface area contributed by atoms with Crippen LogP contribution >= 0.6 is 0 Å². The van der Waals surface area contributed by atoms with Gasteiger partial charge in [0.25, 0.3) is 0 Å². The number of benzene rings is 1. The number of hydrogen-bond acceptors (Lipinski definition) is 2. The number of allylic oxidation sites excluding steroid dienone is 2. The average Bonchev–Trinajstić information content (AvgIpc) is 2.74. The molecule has 0 saturated carbocycles. The number of aromatic nitrogens is 3. The van der Waals surface area contributed by atoms with Gasteiger partial charge in [0.05, 0.1) is 5.70 Å². The molecular weight excluding hydrogens is 186 g/mol. The van der Waals surface area contributed by atoms with Gasteiger partial charge in [0.1, 0.15) is 11.0 Å². The predicted octanol–water partition coefficient (Wildman–Crippen LogP) is 2.85. The van der Waals surface area contributed by atoms with E-state index in [0.717, 1.165) is 23.9 Å². The number of hydrogen-bond donors (Lipinski definition) is 0. The quantitative estimate of drug-likeness (QED) is 0.707. The predicted molar refractivity (Wildman–Crippen MR) is 60.3 cm³/mol. The SMILES string of the molecule is C1=C(n2nc3ccccc3n2)CCCC1. The third kappa shape index (κ3) is 1.54. The molecule has 76 valence electrons. The number of nitrogens with zero attached hydrogens (tertiary/aromatic N) is 3. The van der Waals surface area contributed by atoms with Crippen molar-refractivity contribution in [2.75, 3.05) is 0 Å². The standard InChI is InChI=1S/C12H13N3/c1-2-6-10(7-3-1)15-13-11-8-4-5-9-12(11)14-15/h4-6,8-9H,1-3,7H2. The molecule has 0 spiro atoms. The first-order valence-corrected chi connectivity index (χ1v) is 5.45. The van der Waals surface area contributed by atoms with Crippen LogP contribution < -0.4 is 0 Å². The van der Waals surface area contributed by atoms with Crippen molar-refractivity contribution in [1.29, 1.82) is 0 Å². The minimum absolute atomic E-state index is 0.976. The van der Waals surface area contributed by atoms with Crippen molar-refractivity contribution in [3.05, 3.63) is 30.3 Å². The molecule has 3 heteroatoms. The molecule has 1 aliphatic rings. The zero-order chi connectivity index (χ0) is 10.1. The summed E-state index contributed by atoms with van der Waals surface area (Å²) in [7, 11) is 0. The molecule has 0 aliphatic heterocycles. The fourth-order valence-electron chi connectivity index (χ4n) is 1.99. The fraction of sp³-hybridized carbons (Fsp3) is 0.333. The maximum Gasteiger partial charge on any atom is 0.113 e. The molecule has 1 heterocycles. The maximum atomic E-state index is 4.47. The van der Waals surface area contributed by atoms with E-state index in [4.69, 9.17) is 0 Å². The summed E-state index contributed by atoms with van der Waals surface area (Å²) in [6.07, 6.45) is 7.06. The lowest BCUT2D eigenvalue weighted by Crippen LogP contribution is -2.04. The van der Waals surface area contributed by atoms with Gasteiger partial charge in [-0.15, -0.1) is 10.2 Å². The summed E-state index contributed by atoms with van der Waals surface area (Å²) in [6.45, 7) is 0. The number of fused-ring (bicyclic) bond motifs is 1. The summed E-state index contributed by atoms with van der Waals surface area (Å²) >= 11 is 0. The lowest BCUT2D eigenvalue weighted by atomic mass is 10.1. The molecule has 0 amide bonds. The largest absolute Gasteiger partial charge is 0.155 e. The fourth-order valence-corrected chi connectivity index (χ4v) is 1.99. The summed E-state index contributed by atoms with van der Waals surface area (Å²) in [5.74, 6) is 0. The normalized spacial score (nSPS) is 16.7. The van der Waals surface area contributed by atoms with E-state index in [1.54, 1.807) is 4.80 Å².